The van der Waals surface area contributed by atoms with Gasteiger partial charge in [-0.05, 0) is 55.1 Å². The Kier molecular flexibility index (Phi) is 7.28. The molecule has 0 saturated carbocycles. The Labute approximate surface area is 216 Å². The molecule has 1 aliphatic heterocycles. The van der Waals surface area contributed by atoms with Gasteiger partial charge in [0.25, 0.3) is 0 Å². The SMILES string of the molecule is C=CC(=O)Cc1ccccc1Nc1nc(Nc2ccc(N3CCN(C)CC3)cc2)ncc1-c1ccoc1. The molecule has 0 bridgehead atoms. The summed E-state index contributed by atoms with van der Waals surface area (Å²) in [5.74, 6) is 1.02. The van der Waals surface area contributed by atoms with E-state index in [2.05, 4.69) is 51.2 Å². The van der Waals surface area contributed by atoms with Gasteiger partial charge in [-0.2, -0.15) is 4.98 Å². The molecular formula is C29H30N6O2. The number of hydrogen-bond acceptors (Lipinski definition) is 8. The Morgan fingerprint density at radius 3 is 2.57 bits per heavy atom. The fourth-order valence-corrected chi connectivity index (χ4v) is 4.30. The minimum absolute atomic E-state index is 0.0469. The Morgan fingerprint density at radius 1 is 1.05 bits per heavy atom. The van der Waals surface area contributed by atoms with Crippen molar-refractivity contribution in [3.05, 3.63) is 91.5 Å². The molecule has 0 aliphatic carbocycles. The predicted octanol–water partition coefficient (Wildman–Crippen LogP) is 5.27. The van der Waals surface area contributed by atoms with Crippen LogP contribution in [0.4, 0.5) is 28.8 Å². The highest BCUT2D eigenvalue weighted by atomic mass is 16.3. The summed E-state index contributed by atoms with van der Waals surface area (Å²) in [5, 5.41) is 6.73. The molecule has 1 aliphatic rings. The highest BCUT2D eigenvalue weighted by Gasteiger charge is 2.16. The summed E-state index contributed by atoms with van der Waals surface area (Å²) in [6.45, 7) is 7.77. The summed E-state index contributed by atoms with van der Waals surface area (Å²) in [5.41, 5.74) is 5.40. The van der Waals surface area contributed by atoms with Crippen LogP contribution in [0.2, 0.25) is 0 Å². The molecule has 0 radical (unpaired) electrons. The lowest BCUT2D eigenvalue weighted by atomic mass is 10.1. The summed E-state index contributed by atoms with van der Waals surface area (Å²) in [4.78, 5) is 26.1. The molecule has 0 spiro atoms. The maximum Gasteiger partial charge on any atom is 0.229 e. The minimum atomic E-state index is -0.0469. The average molecular weight is 495 g/mol. The fraction of sp³-hybridized carbons (Fsp3) is 0.207. The average Bonchev–Trinajstić information content (AvgIpc) is 3.46. The van der Waals surface area contributed by atoms with E-state index >= 15 is 0 Å². The first-order valence-corrected chi connectivity index (χ1v) is 12.3. The lowest BCUT2D eigenvalue weighted by Crippen LogP contribution is -2.44. The lowest BCUT2D eigenvalue weighted by molar-refractivity contribution is -0.114. The number of allylic oxidation sites excluding steroid dienone is 1. The monoisotopic (exact) mass is 494 g/mol. The van der Waals surface area contributed by atoms with Gasteiger partial charge in [0.1, 0.15) is 5.82 Å². The highest BCUT2D eigenvalue weighted by molar-refractivity contribution is 5.92. The highest BCUT2D eigenvalue weighted by Crippen LogP contribution is 2.31. The van der Waals surface area contributed by atoms with Gasteiger partial charge in [-0.3, -0.25) is 4.79 Å². The molecule has 4 aromatic rings. The molecular weight excluding hydrogens is 464 g/mol. The van der Waals surface area contributed by atoms with Crippen molar-refractivity contribution in [1.29, 1.82) is 0 Å². The van der Waals surface area contributed by atoms with Crippen molar-refractivity contribution in [3.63, 3.8) is 0 Å². The fourth-order valence-electron chi connectivity index (χ4n) is 4.30. The van der Waals surface area contributed by atoms with Crippen LogP contribution in [0.15, 0.2) is 90.4 Å². The van der Waals surface area contributed by atoms with Gasteiger partial charge in [0.2, 0.25) is 5.95 Å². The Bertz CT molecular complexity index is 1360. The molecule has 0 atom stereocenters. The first-order chi connectivity index (χ1) is 18.1. The maximum absolute atomic E-state index is 12.0. The molecule has 8 heteroatoms. The third-order valence-electron chi connectivity index (χ3n) is 6.48. The Hall–Kier alpha value is -4.43. The zero-order valence-corrected chi connectivity index (χ0v) is 20.9. The normalized spacial score (nSPS) is 13.8. The lowest BCUT2D eigenvalue weighted by Gasteiger charge is -2.34. The molecule has 5 rings (SSSR count). The summed E-state index contributed by atoms with van der Waals surface area (Å²) < 4.78 is 5.30. The van der Waals surface area contributed by atoms with E-state index in [1.807, 2.05) is 42.5 Å². The van der Waals surface area contributed by atoms with Crippen molar-refractivity contribution in [2.24, 2.45) is 0 Å². The van der Waals surface area contributed by atoms with Gasteiger partial charge in [-0.15, -0.1) is 0 Å². The molecule has 3 heterocycles. The standard InChI is InChI=1S/C29H30N6O2/c1-3-25(36)18-21-6-4-5-7-27(21)32-28-26(22-12-17-37-20-22)19-30-29(33-28)31-23-8-10-24(11-9-23)35-15-13-34(2)14-16-35/h3-12,17,19-20H,1,13-16,18H2,2H3,(H2,30,31,32,33). The minimum Gasteiger partial charge on any atom is -0.472 e. The van der Waals surface area contributed by atoms with Crippen LogP contribution in [0.3, 0.4) is 0 Å². The van der Waals surface area contributed by atoms with Gasteiger partial charge in [-0.25, -0.2) is 4.98 Å². The number of carbonyl (C=O) groups is 1. The number of likely N-dealkylation sites (N-methyl/N-ethyl adjacent to an activating group) is 1. The summed E-state index contributed by atoms with van der Waals surface area (Å²) in [6.07, 6.45) is 6.63. The molecule has 2 N–H and O–H groups in total. The van der Waals surface area contributed by atoms with Gasteiger partial charge in [0.15, 0.2) is 5.78 Å². The number of hydrogen-bond donors (Lipinski definition) is 2. The molecule has 188 valence electrons. The van der Waals surface area contributed by atoms with Gasteiger partial charge < -0.3 is 24.9 Å². The number of carbonyl (C=O) groups excluding carboxylic acids is 1. The van der Waals surface area contributed by atoms with Crippen molar-refractivity contribution >= 4 is 34.6 Å². The second-order valence-corrected chi connectivity index (χ2v) is 9.06. The maximum atomic E-state index is 12.0. The summed E-state index contributed by atoms with van der Waals surface area (Å²) in [6, 6.07) is 17.9. The van der Waals surface area contributed by atoms with E-state index in [4.69, 9.17) is 9.40 Å². The smallest absolute Gasteiger partial charge is 0.229 e. The topological polar surface area (TPSA) is 86.5 Å². The van der Waals surface area contributed by atoms with Crippen molar-refractivity contribution in [1.82, 2.24) is 14.9 Å². The number of benzene rings is 2. The Balaban J connectivity index is 1.39. The molecule has 0 amide bonds. The van der Waals surface area contributed by atoms with Crippen LogP contribution in [0.25, 0.3) is 11.1 Å². The van der Waals surface area contributed by atoms with Crippen molar-refractivity contribution in [2.75, 3.05) is 48.8 Å². The molecule has 37 heavy (non-hydrogen) atoms. The first kappa shape index (κ1) is 24.3. The van der Waals surface area contributed by atoms with Gasteiger partial charge in [-0.1, -0.05) is 24.8 Å². The molecule has 8 nitrogen and oxygen atoms in total. The number of rotatable bonds is 9. The molecule has 1 saturated heterocycles. The third-order valence-corrected chi connectivity index (χ3v) is 6.48. The van der Waals surface area contributed by atoms with Crippen LogP contribution < -0.4 is 15.5 Å². The first-order valence-electron chi connectivity index (χ1n) is 12.3. The van der Waals surface area contributed by atoms with E-state index in [1.54, 1.807) is 18.7 Å². The molecule has 0 unspecified atom stereocenters. The molecule has 2 aromatic heterocycles. The van der Waals surface area contributed by atoms with E-state index < -0.39 is 0 Å². The quantitative estimate of drug-likeness (QED) is 0.304. The van der Waals surface area contributed by atoms with Crippen LogP contribution in [-0.2, 0) is 11.2 Å². The Morgan fingerprint density at radius 2 is 1.84 bits per heavy atom. The van der Waals surface area contributed by atoms with Gasteiger partial charge >= 0.3 is 0 Å². The number of nitrogens with one attached hydrogen (secondary N) is 2. The second-order valence-electron chi connectivity index (χ2n) is 9.06. The van der Waals surface area contributed by atoms with E-state index in [1.165, 1.54) is 11.8 Å². The van der Waals surface area contributed by atoms with Crippen LogP contribution in [-0.4, -0.2) is 53.9 Å². The van der Waals surface area contributed by atoms with E-state index in [0.717, 1.165) is 54.2 Å². The van der Waals surface area contributed by atoms with Gasteiger partial charge in [0, 0.05) is 67.0 Å². The van der Waals surface area contributed by atoms with Crippen LogP contribution in [0, 0.1) is 0 Å². The number of para-hydroxylation sites is 1. The number of piperazine rings is 1. The van der Waals surface area contributed by atoms with E-state index in [9.17, 15) is 4.79 Å². The van der Waals surface area contributed by atoms with Crippen LogP contribution in [0.5, 0.6) is 0 Å². The summed E-state index contributed by atoms with van der Waals surface area (Å²) in [7, 11) is 2.16. The van der Waals surface area contributed by atoms with Crippen molar-refractivity contribution in [3.8, 4) is 11.1 Å². The number of furan rings is 1. The van der Waals surface area contributed by atoms with Crippen molar-refractivity contribution in [2.45, 2.75) is 6.42 Å². The number of aromatic nitrogens is 2. The number of anilines is 5. The van der Waals surface area contributed by atoms with E-state index in [0.29, 0.717) is 11.8 Å². The third kappa shape index (κ3) is 5.87. The molecule has 2 aromatic carbocycles. The zero-order valence-electron chi connectivity index (χ0n) is 20.9. The zero-order chi connectivity index (χ0) is 25.6. The van der Waals surface area contributed by atoms with E-state index in [-0.39, 0.29) is 12.2 Å². The second kappa shape index (κ2) is 11.1. The predicted molar refractivity (Wildman–Crippen MR) is 148 cm³/mol. The van der Waals surface area contributed by atoms with Crippen molar-refractivity contribution < 1.29 is 9.21 Å². The summed E-state index contributed by atoms with van der Waals surface area (Å²) >= 11 is 0. The number of nitrogens with zero attached hydrogens (tertiary/aromatic N) is 4. The van der Waals surface area contributed by atoms with Crippen LogP contribution in [0.1, 0.15) is 5.56 Å². The largest absolute Gasteiger partial charge is 0.472 e. The van der Waals surface area contributed by atoms with Crippen LogP contribution >= 0.6 is 0 Å². The number of ketones is 1. The molecule has 1 fully saturated rings. The van der Waals surface area contributed by atoms with Gasteiger partial charge in [0.05, 0.1) is 12.5 Å².